The predicted molar refractivity (Wildman–Crippen MR) is 68.4 cm³/mol. The molecule has 0 aliphatic carbocycles. The maximum Gasteiger partial charge on any atom is 0.194 e. The van der Waals surface area contributed by atoms with Crippen LogP contribution < -0.4 is 4.74 Å². The molecule has 6 heteroatoms. The first-order chi connectivity index (χ1) is 9.45. The summed E-state index contributed by atoms with van der Waals surface area (Å²) in [6.07, 6.45) is -1.46. The Labute approximate surface area is 118 Å². The van der Waals surface area contributed by atoms with Crippen molar-refractivity contribution in [3.63, 3.8) is 0 Å². The van der Waals surface area contributed by atoms with Gasteiger partial charge in [0.1, 0.15) is 11.9 Å². The molecule has 20 heavy (non-hydrogen) atoms. The fourth-order valence-electron chi connectivity index (χ4n) is 1.78. The summed E-state index contributed by atoms with van der Waals surface area (Å²) < 4.78 is 44.6. The maximum absolute atomic E-state index is 13.6. The molecule has 0 saturated heterocycles. The molecule has 0 aliphatic heterocycles. The van der Waals surface area contributed by atoms with E-state index in [9.17, 15) is 18.3 Å². The molecule has 1 atom stereocenters. The van der Waals surface area contributed by atoms with Gasteiger partial charge in [-0.1, -0.05) is 23.7 Å². The van der Waals surface area contributed by atoms with Crippen molar-refractivity contribution in [2.24, 2.45) is 0 Å². The predicted octanol–water partition coefficient (Wildman–Crippen LogP) is 3.85. The van der Waals surface area contributed by atoms with E-state index >= 15 is 0 Å². The van der Waals surface area contributed by atoms with E-state index in [-0.39, 0.29) is 16.9 Å². The van der Waals surface area contributed by atoms with Crippen LogP contribution in [0.2, 0.25) is 5.02 Å². The van der Waals surface area contributed by atoms with Crippen LogP contribution in [0.4, 0.5) is 13.2 Å². The van der Waals surface area contributed by atoms with Gasteiger partial charge in [-0.15, -0.1) is 0 Å². The van der Waals surface area contributed by atoms with Crippen LogP contribution in [0.5, 0.6) is 5.75 Å². The van der Waals surface area contributed by atoms with E-state index in [2.05, 4.69) is 0 Å². The average Bonchev–Trinajstić information content (AvgIpc) is 2.45. The minimum absolute atomic E-state index is 0.246. The lowest BCUT2D eigenvalue weighted by Gasteiger charge is -2.14. The van der Waals surface area contributed by atoms with Crippen LogP contribution in [0.25, 0.3) is 0 Å². The van der Waals surface area contributed by atoms with Gasteiger partial charge in [0.05, 0.1) is 12.1 Å². The molecule has 0 amide bonds. The van der Waals surface area contributed by atoms with E-state index in [4.69, 9.17) is 16.3 Å². The highest BCUT2D eigenvalue weighted by Gasteiger charge is 2.21. The summed E-state index contributed by atoms with van der Waals surface area (Å²) in [7, 11) is 1.38. The zero-order chi connectivity index (χ0) is 14.9. The second-order valence-corrected chi connectivity index (χ2v) is 4.47. The van der Waals surface area contributed by atoms with Crippen LogP contribution in [-0.2, 0) is 0 Å². The van der Waals surface area contributed by atoms with Crippen molar-refractivity contribution in [2.45, 2.75) is 6.10 Å². The number of rotatable bonds is 3. The molecule has 0 aromatic heterocycles. The van der Waals surface area contributed by atoms with Crippen molar-refractivity contribution in [3.05, 3.63) is 63.9 Å². The SMILES string of the molecule is COc1cc(C(O)c2ccc(F)c(F)c2F)ccc1Cl. The van der Waals surface area contributed by atoms with Gasteiger partial charge in [-0.2, -0.15) is 0 Å². The smallest absolute Gasteiger partial charge is 0.194 e. The van der Waals surface area contributed by atoms with Crippen molar-refractivity contribution in [1.82, 2.24) is 0 Å². The first kappa shape index (κ1) is 14.7. The van der Waals surface area contributed by atoms with Crippen molar-refractivity contribution in [3.8, 4) is 5.75 Å². The minimum atomic E-state index is -1.62. The second kappa shape index (κ2) is 5.73. The monoisotopic (exact) mass is 302 g/mol. The minimum Gasteiger partial charge on any atom is -0.495 e. The third-order valence-electron chi connectivity index (χ3n) is 2.85. The van der Waals surface area contributed by atoms with Crippen LogP contribution in [0.15, 0.2) is 30.3 Å². The largest absolute Gasteiger partial charge is 0.495 e. The van der Waals surface area contributed by atoms with E-state index in [1.807, 2.05) is 0 Å². The number of halogens is 4. The van der Waals surface area contributed by atoms with Crippen molar-refractivity contribution < 1.29 is 23.0 Å². The Bertz CT molecular complexity index is 647. The van der Waals surface area contributed by atoms with E-state index in [0.29, 0.717) is 5.02 Å². The molecular weight excluding hydrogens is 293 g/mol. The fraction of sp³-hybridized carbons (Fsp3) is 0.143. The molecule has 0 saturated carbocycles. The molecule has 2 aromatic rings. The molecule has 0 fully saturated rings. The summed E-state index contributed by atoms with van der Waals surface area (Å²) in [6.45, 7) is 0. The van der Waals surface area contributed by atoms with Crippen LogP contribution in [-0.4, -0.2) is 12.2 Å². The standard InChI is InChI=1S/C14H10ClF3O2/c1-20-11-6-7(2-4-9(11)15)14(19)8-3-5-10(16)13(18)12(8)17/h2-6,14,19H,1H3. The molecule has 0 aliphatic rings. The topological polar surface area (TPSA) is 29.5 Å². The summed E-state index contributed by atoms with van der Waals surface area (Å²) in [4.78, 5) is 0. The summed E-state index contributed by atoms with van der Waals surface area (Å²) >= 11 is 5.83. The molecule has 106 valence electrons. The number of aliphatic hydroxyl groups excluding tert-OH is 1. The third kappa shape index (κ3) is 2.59. The van der Waals surface area contributed by atoms with Crippen molar-refractivity contribution >= 4 is 11.6 Å². The van der Waals surface area contributed by atoms with Crippen LogP contribution >= 0.6 is 11.6 Å². The van der Waals surface area contributed by atoms with Gasteiger partial charge in [0, 0.05) is 5.56 Å². The summed E-state index contributed by atoms with van der Waals surface area (Å²) in [5.41, 5.74) is -0.121. The van der Waals surface area contributed by atoms with Gasteiger partial charge in [-0.3, -0.25) is 0 Å². The molecule has 0 bridgehead atoms. The normalized spacial score (nSPS) is 12.3. The molecule has 2 nitrogen and oxygen atoms in total. The molecule has 2 aromatic carbocycles. The van der Waals surface area contributed by atoms with Crippen LogP contribution in [0.3, 0.4) is 0 Å². The van der Waals surface area contributed by atoms with E-state index in [1.54, 1.807) is 0 Å². The summed E-state index contributed by atoms with van der Waals surface area (Å²) in [5.74, 6) is -4.08. The Morgan fingerprint density at radius 2 is 1.80 bits per heavy atom. The lowest BCUT2D eigenvalue weighted by molar-refractivity contribution is 0.212. The quantitative estimate of drug-likeness (QED) is 0.873. The van der Waals surface area contributed by atoms with Gasteiger partial charge in [0.25, 0.3) is 0 Å². The Kier molecular flexibility index (Phi) is 4.20. The second-order valence-electron chi connectivity index (χ2n) is 4.06. The van der Waals surface area contributed by atoms with Gasteiger partial charge in [-0.25, -0.2) is 13.2 Å². The van der Waals surface area contributed by atoms with Crippen molar-refractivity contribution in [1.29, 1.82) is 0 Å². The number of aliphatic hydroxyl groups is 1. The van der Waals surface area contributed by atoms with Crippen LogP contribution in [0.1, 0.15) is 17.2 Å². The maximum atomic E-state index is 13.6. The van der Waals surface area contributed by atoms with E-state index in [1.165, 1.54) is 25.3 Å². The van der Waals surface area contributed by atoms with E-state index in [0.717, 1.165) is 12.1 Å². The number of hydrogen-bond acceptors (Lipinski definition) is 2. The van der Waals surface area contributed by atoms with Gasteiger partial charge in [0.2, 0.25) is 0 Å². The van der Waals surface area contributed by atoms with Gasteiger partial charge in [0.15, 0.2) is 17.5 Å². The molecule has 0 radical (unpaired) electrons. The van der Waals surface area contributed by atoms with Crippen LogP contribution in [0, 0.1) is 17.5 Å². The fourth-order valence-corrected chi connectivity index (χ4v) is 1.97. The number of benzene rings is 2. The van der Waals surface area contributed by atoms with E-state index < -0.39 is 23.6 Å². The zero-order valence-corrected chi connectivity index (χ0v) is 11.1. The third-order valence-corrected chi connectivity index (χ3v) is 3.16. The Balaban J connectivity index is 2.46. The molecule has 2 rings (SSSR count). The number of ether oxygens (including phenoxy) is 1. The highest BCUT2D eigenvalue weighted by molar-refractivity contribution is 6.32. The first-order valence-electron chi connectivity index (χ1n) is 5.60. The molecule has 1 unspecified atom stereocenters. The zero-order valence-electron chi connectivity index (χ0n) is 10.3. The Hall–Kier alpha value is -1.72. The molecular formula is C14H10ClF3O2. The molecule has 1 N–H and O–H groups in total. The Morgan fingerprint density at radius 3 is 2.45 bits per heavy atom. The Morgan fingerprint density at radius 1 is 1.10 bits per heavy atom. The summed E-state index contributed by atoms with van der Waals surface area (Å²) in [5, 5.41) is 10.4. The highest BCUT2D eigenvalue weighted by Crippen LogP contribution is 2.32. The lowest BCUT2D eigenvalue weighted by atomic mass is 10.0. The number of methoxy groups -OCH3 is 1. The first-order valence-corrected chi connectivity index (χ1v) is 5.98. The summed E-state index contributed by atoms with van der Waals surface area (Å²) in [6, 6.07) is 6.03. The van der Waals surface area contributed by atoms with Gasteiger partial charge >= 0.3 is 0 Å². The van der Waals surface area contributed by atoms with Gasteiger partial charge in [-0.05, 0) is 23.8 Å². The molecule has 0 heterocycles. The number of hydrogen-bond donors (Lipinski definition) is 1. The highest BCUT2D eigenvalue weighted by atomic mass is 35.5. The molecule has 0 spiro atoms. The lowest BCUT2D eigenvalue weighted by Crippen LogP contribution is -2.06. The van der Waals surface area contributed by atoms with Crippen molar-refractivity contribution in [2.75, 3.05) is 7.11 Å². The van der Waals surface area contributed by atoms with Gasteiger partial charge < -0.3 is 9.84 Å². The average molecular weight is 303 g/mol.